The molecule has 1 aromatic carbocycles. The Hall–Kier alpha value is -2.55. The number of carbonyl (C=O) groups is 2. The number of hydrogen-bond donors (Lipinski definition) is 1. The van der Waals surface area contributed by atoms with Crippen LogP contribution in [0.4, 0.5) is 14.5 Å². The SMILES string of the molecule is CC1N=C(C(=O)N2CCN(CC(F)F)CC2)NN(c2ccccc2)C1=O. The Labute approximate surface area is 150 Å². The summed E-state index contributed by atoms with van der Waals surface area (Å²) in [4.78, 5) is 32.5. The van der Waals surface area contributed by atoms with Gasteiger partial charge >= 0.3 is 0 Å². The minimum Gasteiger partial charge on any atom is -0.333 e. The van der Waals surface area contributed by atoms with Crippen molar-refractivity contribution in [2.75, 3.05) is 37.7 Å². The topological polar surface area (TPSA) is 68.2 Å². The molecule has 0 saturated carbocycles. The molecule has 1 atom stereocenters. The molecule has 0 aromatic heterocycles. The number of nitrogens with zero attached hydrogens (tertiary/aromatic N) is 4. The van der Waals surface area contributed by atoms with E-state index in [9.17, 15) is 18.4 Å². The van der Waals surface area contributed by atoms with Crippen molar-refractivity contribution < 1.29 is 18.4 Å². The molecule has 3 rings (SSSR count). The number of piperazine rings is 1. The van der Waals surface area contributed by atoms with E-state index in [0.29, 0.717) is 31.9 Å². The quantitative estimate of drug-likeness (QED) is 0.854. The largest absolute Gasteiger partial charge is 0.333 e. The van der Waals surface area contributed by atoms with Gasteiger partial charge in [0.15, 0.2) is 0 Å². The zero-order valence-electron chi connectivity index (χ0n) is 14.4. The first-order valence-corrected chi connectivity index (χ1v) is 8.49. The monoisotopic (exact) mass is 365 g/mol. The highest BCUT2D eigenvalue weighted by atomic mass is 19.3. The number of rotatable bonds is 4. The third kappa shape index (κ3) is 3.98. The van der Waals surface area contributed by atoms with Crippen molar-refractivity contribution in [3.8, 4) is 0 Å². The van der Waals surface area contributed by atoms with E-state index in [2.05, 4.69) is 10.4 Å². The van der Waals surface area contributed by atoms with E-state index in [1.54, 1.807) is 41.0 Å². The van der Waals surface area contributed by atoms with Gasteiger partial charge < -0.3 is 4.90 Å². The molecular formula is C17H21F2N5O2. The van der Waals surface area contributed by atoms with E-state index in [1.807, 2.05) is 6.07 Å². The Kier molecular flexibility index (Phi) is 5.46. The van der Waals surface area contributed by atoms with E-state index < -0.39 is 12.5 Å². The summed E-state index contributed by atoms with van der Waals surface area (Å²) in [6, 6.07) is 8.26. The first-order chi connectivity index (χ1) is 12.5. The molecule has 0 aliphatic carbocycles. The molecule has 9 heteroatoms. The molecule has 1 aromatic rings. The maximum atomic E-state index is 12.7. The smallest absolute Gasteiger partial charge is 0.290 e. The summed E-state index contributed by atoms with van der Waals surface area (Å²) < 4.78 is 24.9. The Bertz CT molecular complexity index is 690. The molecular weight excluding hydrogens is 344 g/mol. The number of amides is 2. The van der Waals surface area contributed by atoms with Gasteiger partial charge in [0.25, 0.3) is 18.2 Å². The highest BCUT2D eigenvalue weighted by molar-refractivity contribution is 6.39. The van der Waals surface area contributed by atoms with Crippen LogP contribution >= 0.6 is 0 Å². The van der Waals surface area contributed by atoms with Gasteiger partial charge in [0.05, 0.1) is 12.2 Å². The highest BCUT2D eigenvalue weighted by Gasteiger charge is 2.33. The van der Waals surface area contributed by atoms with Crippen molar-refractivity contribution in [3.63, 3.8) is 0 Å². The summed E-state index contributed by atoms with van der Waals surface area (Å²) in [6.45, 7) is 2.82. The standard InChI is InChI=1S/C17H21F2N5O2/c1-12-16(25)24(13-5-3-2-4-6-13)21-15(20-12)17(26)23-9-7-22(8-10-23)11-14(18)19/h2-6,12,14H,7-11H2,1H3,(H,20,21). The maximum Gasteiger partial charge on any atom is 0.290 e. The summed E-state index contributed by atoms with van der Waals surface area (Å²) in [5.41, 5.74) is 3.42. The van der Waals surface area contributed by atoms with Crippen molar-refractivity contribution in [1.29, 1.82) is 0 Å². The minimum absolute atomic E-state index is 0.0864. The maximum absolute atomic E-state index is 12.7. The Morgan fingerprint density at radius 1 is 1.23 bits per heavy atom. The molecule has 1 fully saturated rings. The number of aliphatic imine (C=N–C) groups is 1. The van der Waals surface area contributed by atoms with Crippen molar-refractivity contribution >= 4 is 23.3 Å². The molecule has 26 heavy (non-hydrogen) atoms. The number of nitrogens with one attached hydrogen (secondary N) is 1. The van der Waals surface area contributed by atoms with Crippen LogP contribution in [0.2, 0.25) is 0 Å². The number of anilines is 1. The second-order valence-corrected chi connectivity index (χ2v) is 6.26. The van der Waals surface area contributed by atoms with Gasteiger partial charge in [0, 0.05) is 26.2 Å². The summed E-state index contributed by atoms with van der Waals surface area (Å²) >= 11 is 0. The van der Waals surface area contributed by atoms with E-state index in [0.717, 1.165) is 0 Å². The average molecular weight is 365 g/mol. The van der Waals surface area contributed by atoms with Crippen LogP contribution in [-0.4, -0.2) is 72.6 Å². The molecule has 1 unspecified atom stereocenters. The fourth-order valence-corrected chi connectivity index (χ4v) is 2.98. The van der Waals surface area contributed by atoms with Crippen molar-refractivity contribution in [1.82, 2.24) is 15.2 Å². The lowest BCUT2D eigenvalue weighted by Gasteiger charge is -2.36. The molecule has 0 bridgehead atoms. The number of alkyl halides is 2. The third-order valence-electron chi connectivity index (χ3n) is 4.39. The number of benzene rings is 1. The molecule has 0 spiro atoms. The van der Waals surface area contributed by atoms with Crippen molar-refractivity contribution in [2.45, 2.75) is 19.4 Å². The fourth-order valence-electron chi connectivity index (χ4n) is 2.98. The van der Waals surface area contributed by atoms with E-state index in [1.165, 1.54) is 5.01 Å². The Morgan fingerprint density at radius 3 is 2.50 bits per heavy atom. The van der Waals surface area contributed by atoms with Crippen LogP contribution in [0.5, 0.6) is 0 Å². The first kappa shape index (κ1) is 18.2. The number of hydrogen-bond acceptors (Lipinski definition) is 5. The van der Waals surface area contributed by atoms with E-state index in [-0.39, 0.29) is 24.2 Å². The Morgan fingerprint density at radius 2 is 1.88 bits per heavy atom. The van der Waals surface area contributed by atoms with Crippen LogP contribution in [0.1, 0.15) is 6.92 Å². The number of para-hydroxylation sites is 1. The summed E-state index contributed by atoms with van der Waals surface area (Å²) in [5.74, 6) is -0.500. The van der Waals surface area contributed by atoms with Gasteiger partial charge in [-0.15, -0.1) is 0 Å². The van der Waals surface area contributed by atoms with Crippen LogP contribution in [0.25, 0.3) is 0 Å². The van der Waals surface area contributed by atoms with Gasteiger partial charge in [0.1, 0.15) is 6.04 Å². The lowest BCUT2D eigenvalue weighted by atomic mass is 10.2. The van der Waals surface area contributed by atoms with Gasteiger partial charge in [-0.05, 0) is 19.1 Å². The third-order valence-corrected chi connectivity index (χ3v) is 4.39. The fraction of sp³-hybridized carbons (Fsp3) is 0.471. The second kappa shape index (κ2) is 7.77. The minimum atomic E-state index is -2.38. The highest BCUT2D eigenvalue weighted by Crippen LogP contribution is 2.16. The molecule has 2 heterocycles. The summed E-state index contributed by atoms with van der Waals surface area (Å²) in [6.07, 6.45) is -2.38. The van der Waals surface area contributed by atoms with Gasteiger partial charge in [0.2, 0.25) is 5.84 Å². The van der Waals surface area contributed by atoms with Gasteiger partial charge in [-0.25, -0.2) is 18.8 Å². The molecule has 7 nitrogen and oxygen atoms in total. The lowest BCUT2D eigenvalue weighted by Crippen LogP contribution is -2.60. The number of carbonyl (C=O) groups excluding carboxylic acids is 2. The zero-order valence-corrected chi connectivity index (χ0v) is 14.4. The average Bonchev–Trinajstić information content (AvgIpc) is 2.64. The first-order valence-electron chi connectivity index (χ1n) is 8.49. The molecule has 2 amide bonds. The molecule has 140 valence electrons. The molecule has 0 radical (unpaired) electrons. The lowest BCUT2D eigenvalue weighted by molar-refractivity contribution is -0.126. The van der Waals surface area contributed by atoms with Crippen molar-refractivity contribution in [2.24, 2.45) is 4.99 Å². The van der Waals surface area contributed by atoms with Gasteiger partial charge in [-0.1, -0.05) is 18.2 Å². The second-order valence-electron chi connectivity index (χ2n) is 6.26. The summed E-state index contributed by atoms with van der Waals surface area (Å²) in [5, 5.41) is 1.32. The molecule has 2 aliphatic rings. The number of amidine groups is 1. The van der Waals surface area contributed by atoms with Crippen LogP contribution in [0, 0.1) is 0 Å². The molecule has 1 N–H and O–H groups in total. The van der Waals surface area contributed by atoms with E-state index in [4.69, 9.17) is 0 Å². The van der Waals surface area contributed by atoms with Gasteiger partial charge in [-0.3, -0.25) is 19.9 Å². The Balaban J connectivity index is 1.68. The molecule has 2 aliphatic heterocycles. The van der Waals surface area contributed by atoms with Crippen molar-refractivity contribution in [3.05, 3.63) is 30.3 Å². The van der Waals surface area contributed by atoms with E-state index >= 15 is 0 Å². The van der Waals surface area contributed by atoms with Gasteiger partial charge in [-0.2, -0.15) is 0 Å². The molecule has 1 saturated heterocycles. The predicted octanol–water partition coefficient (Wildman–Crippen LogP) is 0.734. The zero-order chi connectivity index (χ0) is 18.7. The predicted molar refractivity (Wildman–Crippen MR) is 93.0 cm³/mol. The number of halogens is 2. The normalized spacial score (nSPS) is 21.6. The van der Waals surface area contributed by atoms with Crippen LogP contribution in [-0.2, 0) is 9.59 Å². The van der Waals surface area contributed by atoms with Crippen LogP contribution in [0.3, 0.4) is 0 Å². The summed E-state index contributed by atoms with van der Waals surface area (Å²) in [7, 11) is 0. The van der Waals surface area contributed by atoms with Crippen LogP contribution < -0.4 is 10.4 Å². The number of hydrazine groups is 1. The van der Waals surface area contributed by atoms with Crippen LogP contribution in [0.15, 0.2) is 35.3 Å².